The Balaban J connectivity index is 2.74. The molecule has 0 unspecified atom stereocenters. The number of anilines is 1. The summed E-state index contributed by atoms with van der Waals surface area (Å²) in [4.78, 5) is 4.30. The molecule has 18 heavy (non-hydrogen) atoms. The fourth-order valence-electron chi connectivity index (χ4n) is 1.54. The van der Waals surface area contributed by atoms with Crippen LogP contribution in [0.3, 0.4) is 0 Å². The van der Waals surface area contributed by atoms with Crippen LogP contribution in [0.15, 0.2) is 29.3 Å². The molecule has 0 amide bonds. The summed E-state index contributed by atoms with van der Waals surface area (Å²) in [5.41, 5.74) is 5.03. The fraction of sp³-hybridized carbons (Fsp3) is 0.500. The molecule has 0 aliphatic carbocycles. The number of nitrogens with two attached hydrogens (primary N) is 1. The molecule has 0 aromatic heterocycles. The van der Waals surface area contributed by atoms with Crippen LogP contribution in [-0.2, 0) is 5.41 Å². The third kappa shape index (κ3) is 4.37. The van der Waals surface area contributed by atoms with Crippen LogP contribution in [0.25, 0.3) is 0 Å². The molecule has 100 valence electrons. The van der Waals surface area contributed by atoms with Crippen molar-refractivity contribution in [3.63, 3.8) is 0 Å². The first-order chi connectivity index (χ1) is 8.47. The number of benzene rings is 1. The number of hydrogen-bond donors (Lipinski definition) is 3. The van der Waals surface area contributed by atoms with Gasteiger partial charge in [0.1, 0.15) is 0 Å². The van der Waals surface area contributed by atoms with Crippen molar-refractivity contribution in [1.29, 1.82) is 0 Å². The van der Waals surface area contributed by atoms with E-state index in [1.807, 2.05) is 12.1 Å². The molecule has 4 nitrogen and oxygen atoms in total. The van der Waals surface area contributed by atoms with Crippen molar-refractivity contribution >= 4 is 11.6 Å². The van der Waals surface area contributed by atoms with Gasteiger partial charge in [-0.25, -0.2) is 5.84 Å². The van der Waals surface area contributed by atoms with Crippen LogP contribution in [0.2, 0.25) is 0 Å². The lowest BCUT2D eigenvalue weighted by Crippen LogP contribution is -2.36. The van der Waals surface area contributed by atoms with Gasteiger partial charge in [0, 0.05) is 12.2 Å². The monoisotopic (exact) mass is 248 g/mol. The second kappa shape index (κ2) is 6.40. The maximum atomic E-state index is 5.42. The molecular formula is C14H24N4. The summed E-state index contributed by atoms with van der Waals surface area (Å²) in [6, 6.07) is 8.32. The Morgan fingerprint density at radius 1 is 1.22 bits per heavy atom. The maximum absolute atomic E-state index is 5.42. The van der Waals surface area contributed by atoms with Gasteiger partial charge >= 0.3 is 0 Å². The molecule has 0 atom stereocenters. The average Bonchev–Trinajstić information content (AvgIpc) is 2.34. The Morgan fingerprint density at radius 2 is 1.83 bits per heavy atom. The molecule has 0 bridgehead atoms. The zero-order valence-electron chi connectivity index (χ0n) is 11.7. The third-order valence-corrected chi connectivity index (χ3v) is 2.64. The molecule has 0 aliphatic heterocycles. The smallest absolute Gasteiger partial charge is 0.210 e. The summed E-state index contributed by atoms with van der Waals surface area (Å²) in [6.45, 7) is 9.43. The number of rotatable bonds is 3. The predicted molar refractivity (Wildman–Crippen MR) is 78.7 cm³/mol. The first kappa shape index (κ1) is 14.5. The Morgan fingerprint density at radius 3 is 2.28 bits per heavy atom. The second-order valence-corrected chi connectivity index (χ2v) is 5.33. The van der Waals surface area contributed by atoms with Gasteiger partial charge in [-0.1, -0.05) is 39.8 Å². The molecule has 1 rings (SSSR count). The highest BCUT2D eigenvalue weighted by Crippen LogP contribution is 2.23. The molecule has 1 aromatic carbocycles. The normalized spacial score (nSPS) is 12.4. The molecule has 0 saturated carbocycles. The molecule has 4 N–H and O–H groups in total. The maximum Gasteiger partial charge on any atom is 0.210 e. The van der Waals surface area contributed by atoms with Gasteiger partial charge < -0.3 is 5.32 Å². The van der Waals surface area contributed by atoms with E-state index in [1.54, 1.807) is 0 Å². The van der Waals surface area contributed by atoms with E-state index in [-0.39, 0.29) is 5.41 Å². The van der Waals surface area contributed by atoms with Crippen LogP contribution in [-0.4, -0.2) is 12.5 Å². The van der Waals surface area contributed by atoms with E-state index in [9.17, 15) is 0 Å². The molecule has 4 heteroatoms. The lowest BCUT2D eigenvalue weighted by Gasteiger charge is -2.19. The van der Waals surface area contributed by atoms with Crippen molar-refractivity contribution in [3.8, 4) is 0 Å². The van der Waals surface area contributed by atoms with Crippen LogP contribution in [0.4, 0.5) is 5.69 Å². The zero-order chi connectivity index (χ0) is 13.6. The molecule has 0 heterocycles. The van der Waals surface area contributed by atoms with Gasteiger partial charge in [0.2, 0.25) is 5.96 Å². The molecule has 0 saturated heterocycles. The first-order valence-electron chi connectivity index (χ1n) is 6.36. The highest BCUT2D eigenvalue weighted by atomic mass is 15.3. The van der Waals surface area contributed by atoms with Gasteiger partial charge in [-0.2, -0.15) is 0 Å². The van der Waals surface area contributed by atoms with E-state index >= 15 is 0 Å². The first-order valence-corrected chi connectivity index (χ1v) is 6.36. The topological polar surface area (TPSA) is 62.4 Å². The van der Waals surface area contributed by atoms with E-state index in [4.69, 9.17) is 5.84 Å². The average molecular weight is 248 g/mol. The number of guanidine groups is 1. The van der Waals surface area contributed by atoms with Crippen LogP contribution < -0.4 is 16.6 Å². The van der Waals surface area contributed by atoms with Crippen LogP contribution in [0, 0.1) is 0 Å². The molecule has 0 spiro atoms. The summed E-state index contributed by atoms with van der Waals surface area (Å²) in [6.07, 6.45) is 0.996. The number of hydrazine groups is 1. The predicted octanol–water partition coefficient (Wildman–Crippen LogP) is 2.63. The Kier molecular flexibility index (Phi) is 5.16. The molecule has 0 aliphatic rings. The summed E-state index contributed by atoms with van der Waals surface area (Å²) in [5, 5.41) is 3.16. The number of hydrogen-bond acceptors (Lipinski definition) is 2. The van der Waals surface area contributed by atoms with Crippen molar-refractivity contribution in [2.75, 3.05) is 11.9 Å². The third-order valence-electron chi connectivity index (χ3n) is 2.64. The lowest BCUT2D eigenvalue weighted by molar-refractivity contribution is 0.590. The van der Waals surface area contributed by atoms with Crippen LogP contribution in [0.1, 0.15) is 39.7 Å². The van der Waals surface area contributed by atoms with Gasteiger partial charge in [-0.15, -0.1) is 0 Å². The number of aliphatic imine (C=N–C) groups is 1. The highest BCUT2D eigenvalue weighted by molar-refractivity contribution is 5.93. The van der Waals surface area contributed by atoms with Crippen molar-refractivity contribution in [1.82, 2.24) is 5.43 Å². The molecule has 0 fully saturated rings. The number of nitrogens with one attached hydrogen (secondary N) is 2. The van der Waals surface area contributed by atoms with Crippen LogP contribution in [0.5, 0.6) is 0 Å². The Hall–Kier alpha value is -1.55. The Bertz CT molecular complexity index is 387. The van der Waals surface area contributed by atoms with Gasteiger partial charge in [-0.3, -0.25) is 10.4 Å². The summed E-state index contributed by atoms with van der Waals surface area (Å²) in [7, 11) is 0. The lowest BCUT2D eigenvalue weighted by atomic mass is 9.87. The van der Waals surface area contributed by atoms with Gasteiger partial charge in [-0.05, 0) is 29.5 Å². The van der Waals surface area contributed by atoms with Gasteiger partial charge in [0.05, 0.1) is 0 Å². The molecular weight excluding hydrogens is 224 g/mol. The van der Waals surface area contributed by atoms with E-state index in [1.165, 1.54) is 5.56 Å². The molecule has 1 aromatic rings. The van der Waals surface area contributed by atoms with E-state index in [2.05, 4.69) is 55.6 Å². The zero-order valence-corrected chi connectivity index (χ0v) is 11.7. The van der Waals surface area contributed by atoms with Gasteiger partial charge in [0.25, 0.3) is 0 Å². The van der Waals surface area contributed by atoms with Crippen molar-refractivity contribution in [2.45, 2.75) is 39.5 Å². The second-order valence-electron chi connectivity index (χ2n) is 5.33. The largest absolute Gasteiger partial charge is 0.325 e. The van der Waals surface area contributed by atoms with E-state index in [0.717, 1.165) is 18.7 Å². The fourth-order valence-corrected chi connectivity index (χ4v) is 1.54. The SMILES string of the molecule is CCCN=C(NN)Nc1ccc(C(C)(C)C)cc1. The minimum atomic E-state index is 0.170. The Labute approximate surface area is 110 Å². The summed E-state index contributed by atoms with van der Waals surface area (Å²) < 4.78 is 0. The summed E-state index contributed by atoms with van der Waals surface area (Å²) in [5.74, 6) is 6.01. The van der Waals surface area contributed by atoms with Crippen LogP contribution >= 0.6 is 0 Å². The minimum absolute atomic E-state index is 0.170. The van der Waals surface area contributed by atoms with Crippen molar-refractivity contribution in [2.24, 2.45) is 10.8 Å². The summed E-state index contributed by atoms with van der Waals surface area (Å²) >= 11 is 0. The highest BCUT2D eigenvalue weighted by Gasteiger charge is 2.12. The minimum Gasteiger partial charge on any atom is -0.325 e. The number of nitrogens with zero attached hydrogens (tertiary/aromatic N) is 1. The van der Waals surface area contributed by atoms with Crippen molar-refractivity contribution < 1.29 is 0 Å². The van der Waals surface area contributed by atoms with E-state index < -0.39 is 0 Å². The standard InChI is InChI=1S/C14H24N4/c1-5-10-16-13(18-15)17-12-8-6-11(7-9-12)14(2,3)4/h6-9H,5,10,15H2,1-4H3,(H2,16,17,18). The van der Waals surface area contributed by atoms with E-state index in [0.29, 0.717) is 5.96 Å². The van der Waals surface area contributed by atoms with Crippen molar-refractivity contribution in [3.05, 3.63) is 29.8 Å². The molecule has 0 radical (unpaired) electrons. The quantitative estimate of drug-likeness (QED) is 0.333. The van der Waals surface area contributed by atoms with Gasteiger partial charge in [0.15, 0.2) is 0 Å².